The molecule has 0 radical (unpaired) electrons. The third-order valence-corrected chi connectivity index (χ3v) is 2.88. The molecule has 0 saturated heterocycles. The number of benzene rings is 1. The molecule has 110 valence electrons. The summed E-state index contributed by atoms with van der Waals surface area (Å²) in [6.45, 7) is 3.75. The minimum absolute atomic E-state index is 0.0398. The van der Waals surface area contributed by atoms with E-state index in [9.17, 15) is 9.59 Å². The van der Waals surface area contributed by atoms with Gasteiger partial charge in [-0.2, -0.15) is 5.26 Å². The number of amides is 2. The lowest BCUT2D eigenvalue weighted by Gasteiger charge is -2.10. The number of anilines is 1. The first-order chi connectivity index (χ1) is 9.97. The summed E-state index contributed by atoms with van der Waals surface area (Å²) < 4.78 is 0. The molecule has 1 aromatic rings. The summed E-state index contributed by atoms with van der Waals surface area (Å²) in [6.07, 6.45) is 1.86. The Balaban J connectivity index is 2.72. The van der Waals surface area contributed by atoms with Crippen LogP contribution in [0.5, 0.6) is 0 Å². The van der Waals surface area contributed by atoms with Crippen LogP contribution in [0.4, 0.5) is 5.69 Å². The minimum atomic E-state index is -0.510. The first-order valence-electron chi connectivity index (χ1n) is 6.55. The molecule has 1 rings (SSSR count). The van der Waals surface area contributed by atoms with Crippen LogP contribution < -0.4 is 16.4 Å². The molecule has 2 amide bonds. The molecule has 1 unspecified atom stereocenters. The Kier molecular flexibility index (Phi) is 5.96. The van der Waals surface area contributed by atoms with Gasteiger partial charge in [-0.15, -0.1) is 0 Å². The average molecular weight is 286 g/mol. The van der Waals surface area contributed by atoms with Crippen molar-refractivity contribution in [3.63, 3.8) is 0 Å². The van der Waals surface area contributed by atoms with E-state index >= 15 is 0 Å². The van der Waals surface area contributed by atoms with Gasteiger partial charge in [0.15, 0.2) is 0 Å². The third-order valence-electron chi connectivity index (χ3n) is 2.88. The zero-order chi connectivity index (χ0) is 15.8. The number of hydrogen-bond acceptors (Lipinski definition) is 4. The van der Waals surface area contributed by atoms with E-state index in [0.29, 0.717) is 11.3 Å². The first kappa shape index (κ1) is 16.2. The number of nitrogens with two attached hydrogens (primary N) is 1. The summed E-state index contributed by atoms with van der Waals surface area (Å²) in [5, 5.41) is 14.0. The highest BCUT2D eigenvalue weighted by molar-refractivity contribution is 5.99. The monoisotopic (exact) mass is 286 g/mol. The van der Waals surface area contributed by atoms with Gasteiger partial charge in [0.1, 0.15) is 11.6 Å². The van der Waals surface area contributed by atoms with Crippen molar-refractivity contribution >= 4 is 17.5 Å². The number of nitrogen functional groups attached to an aromatic ring is 1. The molecule has 0 aliphatic rings. The molecule has 0 bridgehead atoms. The van der Waals surface area contributed by atoms with Gasteiger partial charge in [0.2, 0.25) is 0 Å². The number of hydrogen-bond donors (Lipinski definition) is 3. The normalized spacial score (nSPS) is 12.1. The summed E-state index contributed by atoms with van der Waals surface area (Å²) in [5.74, 6) is -0.927. The highest BCUT2D eigenvalue weighted by Gasteiger charge is 2.12. The van der Waals surface area contributed by atoms with Gasteiger partial charge in [-0.05, 0) is 37.6 Å². The lowest BCUT2D eigenvalue weighted by Crippen LogP contribution is -2.33. The standard InChI is InChI=1S/C15H18N4O2/c1-3-10(2)19-15(21)12(8-16)9-18-14(20)11-4-6-13(17)7-5-11/h4-7,9-10H,3,17H2,1-2H3,(H,18,20)(H,19,21)/b12-9-. The SMILES string of the molecule is CCC(C)NC(=O)/C(C#N)=C\NC(=O)c1ccc(N)cc1. The van der Waals surface area contributed by atoms with Crippen molar-refractivity contribution in [1.29, 1.82) is 5.26 Å². The van der Waals surface area contributed by atoms with Gasteiger partial charge >= 0.3 is 0 Å². The zero-order valence-electron chi connectivity index (χ0n) is 12.0. The van der Waals surface area contributed by atoms with E-state index in [1.54, 1.807) is 30.3 Å². The molecular formula is C15H18N4O2. The number of carbonyl (C=O) groups is 2. The van der Waals surface area contributed by atoms with E-state index < -0.39 is 11.8 Å². The minimum Gasteiger partial charge on any atom is -0.399 e. The molecule has 0 spiro atoms. The van der Waals surface area contributed by atoms with Crippen molar-refractivity contribution in [3.8, 4) is 6.07 Å². The molecule has 21 heavy (non-hydrogen) atoms. The van der Waals surface area contributed by atoms with Crippen LogP contribution in [0.15, 0.2) is 36.0 Å². The molecule has 0 aliphatic heterocycles. The summed E-state index contributed by atoms with van der Waals surface area (Å²) in [7, 11) is 0. The third kappa shape index (κ3) is 4.99. The highest BCUT2D eigenvalue weighted by Crippen LogP contribution is 2.05. The van der Waals surface area contributed by atoms with Gasteiger partial charge in [-0.25, -0.2) is 0 Å². The van der Waals surface area contributed by atoms with E-state index in [2.05, 4.69) is 10.6 Å². The van der Waals surface area contributed by atoms with E-state index in [1.165, 1.54) is 0 Å². The smallest absolute Gasteiger partial charge is 0.263 e. The Labute approximate surface area is 123 Å². The number of rotatable bonds is 5. The molecule has 1 aromatic carbocycles. The van der Waals surface area contributed by atoms with Crippen LogP contribution in [-0.2, 0) is 4.79 Å². The molecule has 6 nitrogen and oxygen atoms in total. The highest BCUT2D eigenvalue weighted by atomic mass is 16.2. The van der Waals surface area contributed by atoms with Crippen LogP contribution in [0.2, 0.25) is 0 Å². The summed E-state index contributed by atoms with van der Waals surface area (Å²) in [5.41, 5.74) is 6.31. The molecule has 0 heterocycles. The first-order valence-corrected chi connectivity index (χ1v) is 6.55. The van der Waals surface area contributed by atoms with E-state index in [1.807, 2.05) is 13.8 Å². The van der Waals surface area contributed by atoms with Crippen molar-refractivity contribution in [1.82, 2.24) is 10.6 Å². The maximum Gasteiger partial charge on any atom is 0.263 e. The fourth-order valence-corrected chi connectivity index (χ4v) is 1.41. The summed E-state index contributed by atoms with van der Waals surface area (Å²) in [4.78, 5) is 23.6. The maximum absolute atomic E-state index is 11.8. The quantitative estimate of drug-likeness (QED) is 0.431. The van der Waals surface area contributed by atoms with Crippen molar-refractivity contribution < 1.29 is 9.59 Å². The molecule has 0 fully saturated rings. The number of nitriles is 1. The van der Waals surface area contributed by atoms with E-state index in [-0.39, 0.29) is 11.6 Å². The number of nitrogens with zero attached hydrogens (tertiary/aromatic N) is 1. The van der Waals surface area contributed by atoms with E-state index in [0.717, 1.165) is 12.6 Å². The molecule has 4 N–H and O–H groups in total. The van der Waals surface area contributed by atoms with Gasteiger partial charge < -0.3 is 16.4 Å². The molecule has 1 atom stereocenters. The Hall–Kier alpha value is -2.81. The van der Waals surface area contributed by atoms with Crippen LogP contribution in [-0.4, -0.2) is 17.9 Å². The summed E-state index contributed by atoms with van der Waals surface area (Å²) in [6, 6.07) is 8.03. The van der Waals surface area contributed by atoms with Crippen molar-refractivity contribution in [2.75, 3.05) is 5.73 Å². The van der Waals surface area contributed by atoms with Gasteiger partial charge in [0.05, 0.1) is 0 Å². The van der Waals surface area contributed by atoms with Crippen molar-refractivity contribution in [3.05, 3.63) is 41.6 Å². The molecule has 0 saturated carbocycles. The Morgan fingerprint density at radius 3 is 2.52 bits per heavy atom. The second kappa shape index (κ2) is 7.70. The van der Waals surface area contributed by atoms with Gasteiger partial charge in [0.25, 0.3) is 11.8 Å². The largest absolute Gasteiger partial charge is 0.399 e. The van der Waals surface area contributed by atoms with Crippen LogP contribution in [0.3, 0.4) is 0 Å². The zero-order valence-corrected chi connectivity index (χ0v) is 12.0. The lowest BCUT2D eigenvalue weighted by molar-refractivity contribution is -0.117. The van der Waals surface area contributed by atoms with Crippen molar-refractivity contribution in [2.24, 2.45) is 0 Å². The predicted octanol–water partition coefficient (Wildman–Crippen LogP) is 1.32. The average Bonchev–Trinajstić information content (AvgIpc) is 2.48. The van der Waals surface area contributed by atoms with Crippen molar-refractivity contribution in [2.45, 2.75) is 26.3 Å². The molecule has 0 aliphatic carbocycles. The van der Waals surface area contributed by atoms with Gasteiger partial charge in [0, 0.05) is 23.5 Å². The van der Waals surface area contributed by atoms with Crippen LogP contribution in [0.25, 0.3) is 0 Å². The fourth-order valence-electron chi connectivity index (χ4n) is 1.41. The number of carbonyl (C=O) groups excluding carboxylic acids is 2. The van der Waals surface area contributed by atoms with E-state index in [4.69, 9.17) is 11.0 Å². The predicted molar refractivity (Wildman–Crippen MR) is 79.9 cm³/mol. The van der Waals surface area contributed by atoms with Crippen LogP contribution in [0, 0.1) is 11.3 Å². The molecular weight excluding hydrogens is 268 g/mol. The molecule has 6 heteroatoms. The molecule has 0 aromatic heterocycles. The Morgan fingerprint density at radius 2 is 2.00 bits per heavy atom. The van der Waals surface area contributed by atoms with Gasteiger partial charge in [-0.1, -0.05) is 6.92 Å². The van der Waals surface area contributed by atoms with Crippen LogP contribution >= 0.6 is 0 Å². The maximum atomic E-state index is 11.8. The number of nitrogens with one attached hydrogen (secondary N) is 2. The summed E-state index contributed by atoms with van der Waals surface area (Å²) >= 11 is 0. The Morgan fingerprint density at radius 1 is 1.38 bits per heavy atom. The topological polar surface area (TPSA) is 108 Å². The van der Waals surface area contributed by atoms with Gasteiger partial charge in [-0.3, -0.25) is 9.59 Å². The second-order valence-electron chi connectivity index (χ2n) is 4.55. The second-order valence-corrected chi connectivity index (χ2v) is 4.55. The lowest BCUT2D eigenvalue weighted by atomic mass is 10.2. The Bertz CT molecular complexity index is 585. The fraction of sp³-hybridized carbons (Fsp3) is 0.267. The van der Waals surface area contributed by atoms with Crippen LogP contribution in [0.1, 0.15) is 30.6 Å².